The molecule has 198 valence electrons. The molecule has 42 heavy (non-hydrogen) atoms. The molecule has 3 heteroatoms. The highest BCUT2D eigenvalue weighted by atomic mass is 32.1. The lowest BCUT2D eigenvalue weighted by Crippen LogP contribution is -2.24. The minimum absolute atomic E-state index is 0.671. The van der Waals surface area contributed by atoms with Crippen LogP contribution in [0.3, 0.4) is 0 Å². The maximum Gasteiger partial charge on any atom is 0.0991 e. The van der Waals surface area contributed by atoms with Crippen molar-refractivity contribution in [2.45, 2.75) is 6.92 Å². The summed E-state index contributed by atoms with van der Waals surface area (Å²) in [6.07, 6.45) is 4.32. The normalized spacial score (nSPS) is 12.3. The van der Waals surface area contributed by atoms with Gasteiger partial charge in [-0.15, -0.1) is 11.3 Å². The third-order valence-corrected chi connectivity index (χ3v) is 9.00. The lowest BCUT2D eigenvalue weighted by Gasteiger charge is -2.06. The maximum atomic E-state index is 9.23. The number of thiophene rings is 1. The Balaban J connectivity index is 1.30. The molecular formula is C39H26N2S. The van der Waals surface area contributed by atoms with Crippen LogP contribution in [0.5, 0.6) is 0 Å². The van der Waals surface area contributed by atoms with Gasteiger partial charge in [0.15, 0.2) is 0 Å². The Labute approximate surface area is 248 Å². The third kappa shape index (κ3) is 4.59. The minimum Gasteiger partial charge on any atom is -0.247 e. The number of nitriles is 1. The zero-order chi connectivity index (χ0) is 28.6. The fourth-order valence-corrected chi connectivity index (χ4v) is 6.65. The smallest absolute Gasteiger partial charge is 0.0991 e. The largest absolute Gasteiger partial charge is 0.247 e. The van der Waals surface area contributed by atoms with Gasteiger partial charge in [0.2, 0.25) is 0 Å². The molecule has 0 unspecified atom stereocenters. The van der Waals surface area contributed by atoms with Crippen LogP contribution in [0.2, 0.25) is 0 Å². The molecule has 7 aromatic rings. The lowest BCUT2D eigenvalue weighted by molar-refractivity contribution is 1.37. The lowest BCUT2D eigenvalue weighted by atomic mass is 9.97. The zero-order valence-corrected chi connectivity index (χ0v) is 24.0. The van der Waals surface area contributed by atoms with E-state index in [1.54, 1.807) is 0 Å². The third-order valence-electron chi connectivity index (χ3n) is 7.86. The van der Waals surface area contributed by atoms with Gasteiger partial charge in [0.1, 0.15) is 0 Å². The van der Waals surface area contributed by atoms with Crippen molar-refractivity contribution in [3.8, 4) is 28.5 Å². The summed E-state index contributed by atoms with van der Waals surface area (Å²) in [6.45, 7) is 6.57. The van der Waals surface area contributed by atoms with E-state index in [-0.39, 0.29) is 0 Å². The van der Waals surface area contributed by atoms with Crippen molar-refractivity contribution >= 4 is 60.6 Å². The maximum absolute atomic E-state index is 9.23. The standard InChI is InChI=1S/C39H26N2S/c1-25(11-14-28-17-18-31-19-21-35(41-39(31)26(28)2)30-7-4-3-5-8-30)32-20-22-36-34(23-32)38-33(9-6-10-37(38)42-36)29-15-12-27(24-40)13-16-29/h3-23H,2H2,1H3/b25-11+,28-14-. The molecular weight excluding hydrogens is 529 g/mol. The summed E-state index contributed by atoms with van der Waals surface area (Å²) in [5, 5.41) is 14.8. The first-order chi connectivity index (χ1) is 20.6. The van der Waals surface area contributed by atoms with Crippen LogP contribution >= 0.6 is 11.3 Å². The molecule has 2 nitrogen and oxygen atoms in total. The van der Waals surface area contributed by atoms with Crippen molar-refractivity contribution < 1.29 is 0 Å². The first-order valence-electron chi connectivity index (χ1n) is 13.9. The summed E-state index contributed by atoms with van der Waals surface area (Å²) in [5.41, 5.74) is 8.32. The fourth-order valence-electron chi connectivity index (χ4n) is 5.54. The van der Waals surface area contributed by atoms with E-state index < -0.39 is 0 Å². The van der Waals surface area contributed by atoms with E-state index in [1.807, 2.05) is 53.8 Å². The molecule has 0 aliphatic rings. The van der Waals surface area contributed by atoms with Crippen molar-refractivity contribution in [2.75, 3.05) is 0 Å². The van der Waals surface area contributed by atoms with Gasteiger partial charge in [-0.2, -0.15) is 5.26 Å². The van der Waals surface area contributed by atoms with Crippen LogP contribution in [0.4, 0.5) is 0 Å². The summed E-state index contributed by atoms with van der Waals surface area (Å²) >= 11 is 1.82. The van der Waals surface area contributed by atoms with E-state index in [4.69, 9.17) is 4.98 Å². The van der Waals surface area contributed by atoms with Gasteiger partial charge in [0.25, 0.3) is 0 Å². The van der Waals surface area contributed by atoms with Crippen molar-refractivity contribution in [3.05, 3.63) is 143 Å². The van der Waals surface area contributed by atoms with Crippen molar-refractivity contribution in [1.29, 1.82) is 5.26 Å². The van der Waals surface area contributed by atoms with E-state index in [0.717, 1.165) is 38.2 Å². The van der Waals surface area contributed by atoms with E-state index in [2.05, 4.69) is 105 Å². The zero-order valence-electron chi connectivity index (χ0n) is 23.1. The van der Waals surface area contributed by atoms with Crippen LogP contribution in [0, 0.1) is 11.3 Å². The second kappa shape index (κ2) is 10.6. The molecule has 0 saturated heterocycles. The van der Waals surface area contributed by atoms with Crippen LogP contribution in [0.15, 0.2) is 121 Å². The molecule has 2 aromatic heterocycles. The molecule has 0 spiro atoms. The number of fused-ring (bicyclic) bond motifs is 4. The van der Waals surface area contributed by atoms with Gasteiger partial charge in [-0.05, 0) is 70.8 Å². The number of pyridine rings is 1. The fraction of sp³-hybridized carbons (Fsp3) is 0.0256. The van der Waals surface area contributed by atoms with E-state index in [0.29, 0.717) is 5.56 Å². The van der Waals surface area contributed by atoms with Crippen LogP contribution in [-0.2, 0) is 0 Å². The molecule has 0 aliphatic heterocycles. The Morgan fingerprint density at radius 3 is 2.43 bits per heavy atom. The summed E-state index contributed by atoms with van der Waals surface area (Å²) in [5.74, 6) is 0. The highest BCUT2D eigenvalue weighted by Gasteiger charge is 2.12. The molecule has 0 saturated carbocycles. The summed E-state index contributed by atoms with van der Waals surface area (Å²) in [7, 11) is 0. The average molecular weight is 555 g/mol. The predicted octanol–water partition coefficient (Wildman–Crippen LogP) is 9.10. The molecule has 0 radical (unpaired) electrons. The van der Waals surface area contributed by atoms with Gasteiger partial charge in [0.05, 0.1) is 22.8 Å². The number of nitrogens with zero attached hydrogens (tertiary/aromatic N) is 2. The Hall–Kier alpha value is -5.30. The highest BCUT2D eigenvalue weighted by molar-refractivity contribution is 7.25. The van der Waals surface area contributed by atoms with Crippen LogP contribution in [0.1, 0.15) is 18.1 Å². The summed E-state index contributed by atoms with van der Waals surface area (Å²) < 4.78 is 2.53. The second-order valence-corrected chi connectivity index (χ2v) is 11.5. The van der Waals surface area contributed by atoms with Gasteiger partial charge in [-0.1, -0.05) is 97.6 Å². The molecule has 0 atom stereocenters. The monoisotopic (exact) mass is 554 g/mol. The number of rotatable bonds is 4. The summed E-state index contributed by atoms with van der Waals surface area (Å²) in [6, 6.07) is 42.0. The van der Waals surface area contributed by atoms with Gasteiger partial charge >= 0.3 is 0 Å². The van der Waals surface area contributed by atoms with Crippen LogP contribution in [0.25, 0.3) is 71.7 Å². The SMILES string of the molecule is C=c1/c(=C\C=C(/C)c2ccc3sc4cccc(-c5ccc(C#N)cc5)c4c3c2)ccc2ccc(-c3ccccc3)nc12. The highest BCUT2D eigenvalue weighted by Crippen LogP contribution is 2.41. The van der Waals surface area contributed by atoms with Gasteiger partial charge in [-0.25, -0.2) is 4.98 Å². The Morgan fingerprint density at radius 1 is 0.810 bits per heavy atom. The number of allylic oxidation sites excluding steroid dienone is 2. The molecule has 0 fully saturated rings. The number of aromatic nitrogens is 1. The van der Waals surface area contributed by atoms with Crippen LogP contribution in [-0.4, -0.2) is 4.98 Å². The van der Waals surface area contributed by atoms with Crippen molar-refractivity contribution in [1.82, 2.24) is 4.98 Å². The first-order valence-corrected chi connectivity index (χ1v) is 14.7. The number of hydrogen-bond acceptors (Lipinski definition) is 3. The molecule has 0 amide bonds. The number of benzene rings is 5. The minimum atomic E-state index is 0.671. The first kappa shape index (κ1) is 25.7. The van der Waals surface area contributed by atoms with Crippen molar-refractivity contribution in [2.24, 2.45) is 0 Å². The van der Waals surface area contributed by atoms with Crippen molar-refractivity contribution in [3.63, 3.8) is 0 Å². The summed E-state index contributed by atoms with van der Waals surface area (Å²) in [4.78, 5) is 4.97. The Kier molecular flexibility index (Phi) is 6.47. The quantitative estimate of drug-likeness (QED) is 0.218. The van der Waals surface area contributed by atoms with E-state index in [1.165, 1.54) is 36.9 Å². The molecule has 0 bridgehead atoms. The van der Waals surface area contributed by atoms with Crippen LogP contribution < -0.4 is 10.4 Å². The molecule has 0 aliphatic carbocycles. The Bertz CT molecular complexity index is 2320. The molecule has 7 rings (SSSR count). The van der Waals surface area contributed by atoms with Gasteiger partial charge in [0, 0.05) is 36.3 Å². The molecule has 2 heterocycles. The topological polar surface area (TPSA) is 36.7 Å². The molecule has 0 N–H and O–H groups in total. The average Bonchev–Trinajstić information content (AvgIpc) is 3.43. The number of hydrogen-bond donors (Lipinski definition) is 0. The Morgan fingerprint density at radius 2 is 1.62 bits per heavy atom. The molecule has 5 aromatic carbocycles. The second-order valence-electron chi connectivity index (χ2n) is 10.5. The van der Waals surface area contributed by atoms with E-state index >= 15 is 0 Å². The van der Waals surface area contributed by atoms with Gasteiger partial charge in [-0.3, -0.25) is 0 Å². The predicted molar refractivity (Wildman–Crippen MR) is 180 cm³/mol. The van der Waals surface area contributed by atoms with Gasteiger partial charge < -0.3 is 0 Å². The van der Waals surface area contributed by atoms with E-state index in [9.17, 15) is 5.26 Å².